The molecule has 1 fully saturated rings. The molecule has 0 aromatic rings. The molecule has 2 heteroatoms. The van der Waals surface area contributed by atoms with Crippen LogP contribution < -0.4 is 5.32 Å². The van der Waals surface area contributed by atoms with Gasteiger partial charge in [0.05, 0.1) is 6.67 Å². The molecule has 0 amide bonds. The van der Waals surface area contributed by atoms with E-state index in [1.165, 1.54) is 0 Å². The maximum absolute atomic E-state index is 5.07. The van der Waals surface area contributed by atoms with Crippen LogP contribution in [0.3, 0.4) is 0 Å². The second-order valence-corrected chi connectivity index (χ2v) is 1.55. The van der Waals surface area contributed by atoms with Crippen LogP contribution >= 0.6 is 0 Å². The molecule has 0 aliphatic carbocycles. The van der Waals surface area contributed by atoms with Crippen molar-refractivity contribution in [3.8, 4) is 12.5 Å². The van der Waals surface area contributed by atoms with Crippen LogP contribution in [0.1, 0.15) is 0 Å². The van der Waals surface area contributed by atoms with Crippen molar-refractivity contribution < 1.29 is 0 Å². The number of nitrogens with zero attached hydrogens (tertiary/aromatic N) is 1. The Kier molecular flexibility index (Phi) is 1.19. The van der Waals surface area contributed by atoms with Crippen LogP contribution in [0, 0.1) is 12.5 Å². The van der Waals surface area contributed by atoms with Crippen LogP contribution in [-0.2, 0) is 0 Å². The van der Waals surface area contributed by atoms with Crippen molar-refractivity contribution in [3.05, 3.63) is 0 Å². The molecule has 1 heterocycles. The highest BCUT2D eigenvalue weighted by atomic mass is 15.3. The average molecular weight is 96.1 g/mol. The van der Waals surface area contributed by atoms with Gasteiger partial charge in [0.25, 0.3) is 0 Å². The molecule has 1 aliphatic rings. The number of hydrogen-bond acceptors (Lipinski definition) is 2. The number of rotatable bonds is 0. The third-order valence-corrected chi connectivity index (χ3v) is 1.04. The third-order valence-electron chi connectivity index (χ3n) is 1.04. The molecule has 0 aromatic heterocycles. The van der Waals surface area contributed by atoms with Gasteiger partial charge >= 0.3 is 0 Å². The maximum atomic E-state index is 5.07. The molecule has 1 rings (SSSR count). The predicted octanol–water partition coefficient (Wildman–Crippen LogP) is -0.560. The Balaban J connectivity index is 2.31. The van der Waals surface area contributed by atoms with E-state index in [0.717, 1.165) is 19.8 Å². The van der Waals surface area contributed by atoms with Gasteiger partial charge in [-0.3, -0.25) is 5.32 Å². The Bertz CT molecular complexity index is 86.7. The molecule has 0 aromatic carbocycles. The summed E-state index contributed by atoms with van der Waals surface area (Å²) in [6.45, 7) is 2.89. The molecule has 7 heavy (non-hydrogen) atoms. The van der Waals surface area contributed by atoms with Crippen molar-refractivity contribution in [2.24, 2.45) is 0 Å². The monoisotopic (exact) mass is 96.1 g/mol. The van der Waals surface area contributed by atoms with E-state index in [0.29, 0.717) is 0 Å². The summed E-state index contributed by atoms with van der Waals surface area (Å²) in [5.74, 6) is 0. The molecule has 38 valence electrons. The summed E-state index contributed by atoms with van der Waals surface area (Å²) in [6.07, 6.45) is 5.07. The van der Waals surface area contributed by atoms with Gasteiger partial charge in [0.15, 0.2) is 0 Å². The molecule has 0 bridgehead atoms. The minimum absolute atomic E-state index is 0.858. The lowest BCUT2D eigenvalue weighted by molar-refractivity contribution is 0.489. The number of hydrogen-bond donors (Lipinski definition) is 1. The Morgan fingerprint density at radius 2 is 2.57 bits per heavy atom. The lowest BCUT2D eigenvalue weighted by Gasteiger charge is -2.02. The zero-order valence-corrected chi connectivity index (χ0v) is 4.15. The van der Waals surface area contributed by atoms with Crippen molar-refractivity contribution in [2.75, 3.05) is 19.8 Å². The van der Waals surface area contributed by atoms with Gasteiger partial charge in [0.2, 0.25) is 0 Å². The summed E-state index contributed by atoms with van der Waals surface area (Å²) in [5, 5.41) is 3.11. The lowest BCUT2D eigenvalue weighted by atomic mass is 10.6. The Labute approximate surface area is 43.5 Å². The lowest BCUT2D eigenvalue weighted by Crippen LogP contribution is -2.14. The molecule has 1 aliphatic heterocycles. The topological polar surface area (TPSA) is 15.3 Å². The SMILES string of the molecule is C#CN1CCNC1. The van der Waals surface area contributed by atoms with Gasteiger partial charge in [-0.1, -0.05) is 6.42 Å². The fourth-order valence-corrected chi connectivity index (χ4v) is 0.617. The quantitative estimate of drug-likeness (QED) is 0.407. The Morgan fingerprint density at radius 3 is 2.86 bits per heavy atom. The minimum Gasteiger partial charge on any atom is -0.318 e. The molecule has 1 saturated heterocycles. The van der Waals surface area contributed by atoms with E-state index in [2.05, 4.69) is 11.4 Å². The molecule has 0 spiro atoms. The summed E-state index contributed by atoms with van der Waals surface area (Å²) < 4.78 is 0. The van der Waals surface area contributed by atoms with Crippen LogP contribution in [0.2, 0.25) is 0 Å². The van der Waals surface area contributed by atoms with E-state index < -0.39 is 0 Å². The van der Waals surface area contributed by atoms with Gasteiger partial charge in [-0.2, -0.15) is 0 Å². The summed E-state index contributed by atoms with van der Waals surface area (Å²) in [6, 6.07) is 2.53. The number of nitrogens with one attached hydrogen (secondary N) is 1. The van der Waals surface area contributed by atoms with E-state index in [4.69, 9.17) is 6.42 Å². The summed E-state index contributed by atoms with van der Waals surface area (Å²) in [5.41, 5.74) is 0. The average Bonchev–Trinajstić information content (AvgIpc) is 2.14. The van der Waals surface area contributed by atoms with Crippen molar-refractivity contribution in [1.29, 1.82) is 0 Å². The van der Waals surface area contributed by atoms with Crippen LogP contribution in [0.15, 0.2) is 0 Å². The van der Waals surface area contributed by atoms with Gasteiger partial charge in [0, 0.05) is 19.1 Å². The third kappa shape index (κ3) is 0.847. The highest BCUT2D eigenvalue weighted by molar-refractivity contribution is 4.87. The Hall–Kier alpha value is -0.680. The largest absolute Gasteiger partial charge is 0.318 e. The van der Waals surface area contributed by atoms with Crippen molar-refractivity contribution >= 4 is 0 Å². The standard InChI is InChI=1S/C5H8N2/c1-2-7-4-3-6-5-7/h1,6H,3-5H2. The highest BCUT2D eigenvalue weighted by Gasteiger charge is 2.03. The molecular weight excluding hydrogens is 88.1 g/mol. The van der Waals surface area contributed by atoms with E-state index in [-0.39, 0.29) is 0 Å². The number of terminal acetylenes is 1. The van der Waals surface area contributed by atoms with E-state index >= 15 is 0 Å². The van der Waals surface area contributed by atoms with E-state index in [9.17, 15) is 0 Å². The second-order valence-electron chi connectivity index (χ2n) is 1.55. The van der Waals surface area contributed by atoms with E-state index in [1.807, 2.05) is 4.90 Å². The zero-order valence-electron chi connectivity index (χ0n) is 4.15. The molecular formula is C5H8N2. The normalized spacial score (nSPS) is 19.6. The van der Waals surface area contributed by atoms with Crippen LogP contribution in [0.5, 0.6) is 0 Å². The van der Waals surface area contributed by atoms with Gasteiger partial charge in [-0.25, -0.2) is 0 Å². The van der Waals surface area contributed by atoms with Crippen LogP contribution in [-0.4, -0.2) is 24.7 Å². The van der Waals surface area contributed by atoms with Gasteiger partial charge in [0.1, 0.15) is 0 Å². The molecule has 0 atom stereocenters. The van der Waals surface area contributed by atoms with E-state index in [1.54, 1.807) is 0 Å². The van der Waals surface area contributed by atoms with Crippen molar-refractivity contribution in [1.82, 2.24) is 10.2 Å². The zero-order chi connectivity index (χ0) is 5.11. The molecule has 0 saturated carbocycles. The minimum atomic E-state index is 0.858. The van der Waals surface area contributed by atoms with Gasteiger partial charge in [-0.15, -0.1) is 0 Å². The first kappa shape index (κ1) is 4.48. The first-order chi connectivity index (χ1) is 3.43. The van der Waals surface area contributed by atoms with Crippen LogP contribution in [0.25, 0.3) is 0 Å². The smallest absolute Gasteiger partial charge is 0.0759 e. The first-order valence-electron chi connectivity index (χ1n) is 2.35. The maximum Gasteiger partial charge on any atom is 0.0759 e. The summed E-state index contributed by atoms with van der Waals surface area (Å²) in [7, 11) is 0. The molecule has 2 nitrogen and oxygen atoms in total. The molecule has 1 N–H and O–H groups in total. The first-order valence-corrected chi connectivity index (χ1v) is 2.35. The fourth-order valence-electron chi connectivity index (χ4n) is 0.617. The highest BCUT2D eigenvalue weighted by Crippen LogP contribution is 1.85. The summed E-state index contributed by atoms with van der Waals surface area (Å²) >= 11 is 0. The molecule has 0 unspecified atom stereocenters. The second kappa shape index (κ2) is 1.85. The predicted molar refractivity (Wildman–Crippen MR) is 28.4 cm³/mol. The Morgan fingerprint density at radius 1 is 1.71 bits per heavy atom. The van der Waals surface area contributed by atoms with Crippen molar-refractivity contribution in [3.63, 3.8) is 0 Å². The van der Waals surface area contributed by atoms with Gasteiger partial charge in [-0.05, 0) is 0 Å². The van der Waals surface area contributed by atoms with Crippen LogP contribution in [0.4, 0.5) is 0 Å². The summed E-state index contributed by atoms with van der Waals surface area (Å²) in [4.78, 5) is 1.90. The van der Waals surface area contributed by atoms with Gasteiger partial charge < -0.3 is 4.90 Å². The van der Waals surface area contributed by atoms with Crippen molar-refractivity contribution in [2.45, 2.75) is 0 Å². The molecule has 0 radical (unpaired) electrons. The fraction of sp³-hybridized carbons (Fsp3) is 0.600.